The maximum absolute atomic E-state index is 13.6. The molecule has 162 valence electrons. The third kappa shape index (κ3) is 3.58. The topological polar surface area (TPSA) is 91.0 Å². The number of hydrogen-bond donors (Lipinski definition) is 1. The number of carbonyl (C=O) groups is 2. The molecule has 0 saturated heterocycles. The Hall–Kier alpha value is -2.88. The van der Waals surface area contributed by atoms with Gasteiger partial charge in [0.2, 0.25) is 11.8 Å². The molecule has 1 N–H and O–H groups in total. The zero-order valence-electron chi connectivity index (χ0n) is 18.1. The first-order valence-corrected chi connectivity index (χ1v) is 11.4. The molecule has 2 aromatic rings. The van der Waals surface area contributed by atoms with E-state index in [9.17, 15) is 14.9 Å². The number of aryl methyl sites for hydroxylation is 1. The summed E-state index contributed by atoms with van der Waals surface area (Å²) in [6.07, 6.45) is 8.30. The third-order valence-electron chi connectivity index (χ3n) is 7.48. The summed E-state index contributed by atoms with van der Waals surface area (Å²) >= 11 is 0. The maximum atomic E-state index is 13.6. The number of nitriles is 1. The van der Waals surface area contributed by atoms with Gasteiger partial charge in [-0.3, -0.25) is 9.59 Å². The molecule has 2 amide bonds. The zero-order chi connectivity index (χ0) is 21.6. The van der Waals surface area contributed by atoms with Gasteiger partial charge in [0.25, 0.3) is 0 Å². The number of carbonyl (C=O) groups excluding carboxylic acids is 2. The van der Waals surface area contributed by atoms with E-state index in [1.165, 1.54) is 11.3 Å². The van der Waals surface area contributed by atoms with Gasteiger partial charge in [-0.25, -0.2) is 4.98 Å². The Kier molecular flexibility index (Phi) is 4.96. The highest BCUT2D eigenvalue weighted by molar-refractivity contribution is 5.85. The van der Waals surface area contributed by atoms with E-state index in [1.54, 1.807) is 0 Å². The SMILES string of the molecule is Cn1c2c(c3cccnc31)CN(C(=O)[C@@H]1CCCC[C@@H]1CC(=O)NC1(C#N)CC1)CC2. The minimum atomic E-state index is -0.642. The van der Waals surface area contributed by atoms with Crippen LogP contribution < -0.4 is 5.32 Å². The van der Waals surface area contributed by atoms with Gasteiger partial charge in [0, 0.05) is 61.7 Å². The fourth-order valence-corrected chi connectivity index (χ4v) is 5.54. The van der Waals surface area contributed by atoms with Crippen molar-refractivity contribution in [3.05, 3.63) is 29.6 Å². The van der Waals surface area contributed by atoms with E-state index in [4.69, 9.17) is 0 Å². The minimum absolute atomic E-state index is 0.0614. The van der Waals surface area contributed by atoms with E-state index in [2.05, 4.69) is 34.1 Å². The number of hydrogen-bond acceptors (Lipinski definition) is 4. The molecule has 2 saturated carbocycles. The van der Waals surface area contributed by atoms with Gasteiger partial charge >= 0.3 is 0 Å². The Morgan fingerprint density at radius 3 is 2.90 bits per heavy atom. The van der Waals surface area contributed by atoms with E-state index < -0.39 is 5.54 Å². The van der Waals surface area contributed by atoms with Crippen molar-refractivity contribution in [3.63, 3.8) is 0 Å². The number of fused-ring (bicyclic) bond motifs is 3. The zero-order valence-corrected chi connectivity index (χ0v) is 18.1. The van der Waals surface area contributed by atoms with Gasteiger partial charge < -0.3 is 14.8 Å². The van der Waals surface area contributed by atoms with Crippen LogP contribution in [-0.4, -0.2) is 38.3 Å². The predicted octanol–water partition coefficient (Wildman–Crippen LogP) is 2.83. The van der Waals surface area contributed by atoms with E-state index in [0.717, 1.165) is 56.0 Å². The van der Waals surface area contributed by atoms with Crippen molar-refractivity contribution >= 4 is 22.8 Å². The highest BCUT2D eigenvalue weighted by Crippen LogP contribution is 2.38. The first-order chi connectivity index (χ1) is 15.0. The molecule has 7 nitrogen and oxygen atoms in total. The first kappa shape index (κ1) is 20.0. The lowest BCUT2D eigenvalue weighted by Gasteiger charge is -2.36. The summed E-state index contributed by atoms with van der Waals surface area (Å²) in [4.78, 5) is 32.7. The molecule has 2 fully saturated rings. The van der Waals surface area contributed by atoms with Gasteiger partial charge in [0.1, 0.15) is 11.2 Å². The lowest BCUT2D eigenvalue weighted by atomic mass is 9.76. The van der Waals surface area contributed by atoms with Crippen LogP contribution in [0.15, 0.2) is 18.3 Å². The number of aromatic nitrogens is 2. The molecule has 0 unspecified atom stereocenters. The van der Waals surface area contributed by atoms with Gasteiger partial charge in [0.05, 0.1) is 6.07 Å². The number of amides is 2. The Labute approximate surface area is 182 Å². The minimum Gasteiger partial charge on any atom is -0.338 e. The molecule has 7 heteroatoms. The molecular formula is C24H29N5O2. The number of nitrogens with zero attached hydrogens (tertiary/aromatic N) is 4. The molecule has 3 aliphatic rings. The average Bonchev–Trinajstić information content (AvgIpc) is 3.51. The van der Waals surface area contributed by atoms with Gasteiger partial charge in [-0.2, -0.15) is 5.26 Å². The Bertz CT molecular complexity index is 1080. The number of pyridine rings is 1. The molecule has 0 spiro atoms. The van der Waals surface area contributed by atoms with E-state index >= 15 is 0 Å². The van der Waals surface area contributed by atoms with Gasteiger partial charge in [-0.05, 0) is 43.7 Å². The van der Waals surface area contributed by atoms with Crippen LogP contribution in [0.25, 0.3) is 11.0 Å². The number of rotatable bonds is 4. The first-order valence-electron chi connectivity index (χ1n) is 11.4. The van der Waals surface area contributed by atoms with E-state index in [1.807, 2.05) is 17.2 Å². The van der Waals surface area contributed by atoms with Gasteiger partial charge in [-0.15, -0.1) is 0 Å². The van der Waals surface area contributed by atoms with Crippen LogP contribution >= 0.6 is 0 Å². The molecule has 5 rings (SSSR count). The second kappa shape index (κ2) is 7.67. The van der Waals surface area contributed by atoms with Crippen LogP contribution in [0.1, 0.15) is 56.2 Å². The monoisotopic (exact) mass is 419 g/mol. The molecule has 1 aliphatic heterocycles. The molecule has 2 atom stereocenters. The lowest BCUT2D eigenvalue weighted by Crippen LogP contribution is -2.44. The summed E-state index contributed by atoms with van der Waals surface area (Å²) in [7, 11) is 2.05. The lowest BCUT2D eigenvalue weighted by molar-refractivity contribution is -0.140. The normalized spacial score (nSPS) is 24.3. The summed E-state index contributed by atoms with van der Waals surface area (Å²) in [6.45, 7) is 1.33. The number of nitrogens with one attached hydrogen (secondary N) is 1. The van der Waals surface area contributed by atoms with Crippen LogP contribution in [0.5, 0.6) is 0 Å². The van der Waals surface area contributed by atoms with Crippen LogP contribution in [0.2, 0.25) is 0 Å². The quantitative estimate of drug-likeness (QED) is 0.825. The molecule has 2 aromatic heterocycles. The fourth-order valence-electron chi connectivity index (χ4n) is 5.54. The predicted molar refractivity (Wildman–Crippen MR) is 116 cm³/mol. The second-order valence-corrected chi connectivity index (χ2v) is 9.47. The smallest absolute Gasteiger partial charge is 0.226 e. The van der Waals surface area contributed by atoms with E-state index in [-0.39, 0.29) is 23.7 Å². The Balaban J connectivity index is 1.31. The highest BCUT2D eigenvalue weighted by Gasteiger charge is 2.45. The largest absolute Gasteiger partial charge is 0.338 e. The van der Waals surface area contributed by atoms with Crippen molar-refractivity contribution in [2.24, 2.45) is 18.9 Å². The van der Waals surface area contributed by atoms with Gasteiger partial charge in [0.15, 0.2) is 0 Å². The van der Waals surface area contributed by atoms with Crippen molar-refractivity contribution in [2.75, 3.05) is 6.54 Å². The van der Waals surface area contributed by atoms with Crippen molar-refractivity contribution in [3.8, 4) is 6.07 Å². The molecule has 31 heavy (non-hydrogen) atoms. The molecule has 2 aliphatic carbocycles. The Morgan fingerprint density at radius 2 is 2.13 bits per heavy atom. The second-order valence-electron chi connectivity index (χ2n) is 9.47. The maximum Gasteiger partial charge on any atom is 0.226 e. The molecule has 3 heterocycles. The van der Waals surface area contributed by atoms with Crippen molar-refractivity contribution in [1.29, 1.82) is 5.26 Å². The summed E-state index contributed by atoms with van der Waals surface area (Å²) < 4.78 is 2.16. The van der Waals surface area contributed by atoms with E-state index in [0.29, 0.717) is 19.5 Å². The van der Waals surface area contributed by atoms with Crippen LogP contribution in [0.3, 0.4) is 0 Å². The van der Waals surface area contributed by atoms with Crippen LogP contribution in [-0.2, 0) is 29.6 Å². The fraction of sp³-hybridized carbons (Fsp3) is 0.583. The van der Waals surface area contributed by atoms with Crippen LogP contribution in [0.4, 0.5) is 0 Å². The summed E-state index contributed by atoms with van der Waals surface area (Å²) in [6, 6.07) is 6.26. The molecule has 0 bridgehead atoms. The summed E-state index contributed by atoms with van der Waals surface area (Å²) in [5.74, 6) is 0.0629. The molecule has 0 aromatic carbocycles. The summed E-state index contributed by atoms with van der Waals surface area (Å²) in [5, 5.41) is 13.3. The third-order valence-corrected chi connectivity index (χ3v) is 7.48. The van der Waals surface area contributed by atoms with Gasteiger partial charge in [-0.1, -0.05) is 12.8 Å². The van der Waals surface area contributed by atoms with Crippen molar-refractivity contribution in [1.82, 2.24) is 19.8 Å². The van der Waals surface area contributed by atoms with Crippen molar-refractivity contribution in [2.45, 2.75) is 63.5 Å². The average molecular weight is 420 g/mol. The summed E-state index contributed by atoms with van der Waals surface area (Å²) in [5.41, 5.74) is 2.81. The van der Waals surface area contributed by atoms with Crippen LogP contribution in [0, 0.1) is 23.2 Å². The molecule has 0 radical (unpaired) electrons. The molecular weight excluding hydrogens is 390 g/mol. The van der Waals surface area contributed by atoms with Crippen molar-refractivity contribution < 1.29 is 9.59 Å². The Morgan fingerprint density at radius 1 is 1.32 bits per heavy atom. The standard InChI is InChI=1S/C24H29N5O2/c1-28-20-8-12-29(14-19(20)18-7-4-11-26-22(18)28)23(31)17-6-3-2-5-16(17)13-21(30)27-24(15-25)9-10-24/h4,7,11,16-17H,2-3,5-6,8-10,12-14H2,1H3,(H,27,30)/t16-,17-/m1/s1. The highest BCUT2D eigenvalue weighted by atomic mass is 16.2.